The predicted molar refractivity (Wildman–Crippen MR) is 244 cm³/mol. The number of hydrogen-bond acceptors (Lipinski definition) is 12. The number of aromatic hydroxyl groups is 1. The molecule has 20 heteroatoms. The summed E-state index contributed by atoms with van der Waals surface area (Å²) in [7, 11) is 24.7. The summed E-state index contributed by atoms with van der Waals surface area (Å²) in [6, 6.07) is 3.31. The van der Waals surface area contributed by atoms with Crippen LogP contribution in [0.3, 0.4) is 0 Å². The van der Waals surface area contributed by atoms with E-state index in [1.807, 2.05) is 51.8 Å². The lowest BCUT2D eigenvalue weighted by atomic mass is 9.85. The fourth-order valence-electron chi connectivity index (χ4n) is 6.62. The Morgan fingerprint density at radius 1 is 0.629 bits per heavy atom. The van der Waals surface area contributed by atoms with Gasteiger partial charge in [-0.3, -0.25) is 0 Å². The summed E-state index contributed by atoms with van der Waals surface area (Å²) in [5.74, 6) is 2.98. The first-order chi connectivity index (χ1) is 28.4. The summed E-state index contributed by atoms with van der Waals surface area (Å²) in [5, 5.41) is 27.5. The summed E-state index contributed by atoms with van der Waals surface area (Å²) in [5.41, 5.74) is 3.36. The zero-order valence-corrected chi connectivity index (χ0v) is 41.2. The van der Waals surface area contributed by atoms with Crippen LogP contribution in [-0.4, -0.2) is 230 Å². The number of carbonyl (C=O) groups excluding carboxylic acids is 4. The molecule has 2 atom stereocenters. The SMILES string of the molecule is CC(C)c1nc(N(C)C)nc(N(C)C)n1.CN(C)C(=O)N(C)C.CN1C(=O)N(C)C(CO)C1CO.CN1C(=O)N(C)C2C1N(C)C(=O)N2C.Cc1cc(C(C)(C)C)cc(C)c1O. The quantitative estimate of drug-likeness (QED) is 0.398. The van der Waals surface area contributed by atoms with Gasteiger partial charge in [-0.2, -0.15) is 15.0 Å². The van der Waals surface area contributed by atoms with Crippen molar-refractivity contribution in [2.75, 3.05) is 122 Å². The fourth-order valence-corrected chi connectivity index (χ4v) is 6.62. The number of anilines is 2. The van der Waals surface area contributed by atoms with Crippen molar-refractivity contribution in [3.8, 4) is 5.75 Å². The van der Waals surface area contributed by atoms with Gasteiger partial charge in [-0.25, -0.2) is 19.2 Å². The van der Waals surface area contributed by atoms with Gasteiger partial charge in [0.1, 0.15) is 23.9 Å². The van der Waals surface area contributed by atoms with Crippen LogP contribution in [0.25, 0.3) is 0 Å². The molecule has 3 aliphatic heterocycles. The molecule has 2 unspecified atom stereocenters. The van der Waals surface area contributed by atoms with Gasteiger partial charge in [-0.05, 0) is 36.0 Å². The molecule has 0 saturated carbocycles. The highest BCUT2D eigenvalue weighted by atomic mass is 16.3. The first-order valence-electron chi connectivity index (χ1n) is 20.4. The number of hydrogen-bond donors (Lipinski definition) is 3. The Morgan fingerprint density at radius 3 is 1.16 bits per heavy atom. The van der Waals surface area contributed by atoms with E-state index in [1.54, 1.807) is 90.1 Å². The lowest BCUT2D eigenvalue weighted by Crippen LogP contribution is -2.42. The number of carbonyl (C=O) groups is 4. The van der Waals surface area contributed by atoms with Crippen molar-refractivity contribution in [2.45, 2.75) is 84.2 Å². The van der Waals surface area contributed by atoms with Crippen LogP contribution in [0, 0.1) is 13.8 Å². The molecule has 3 aliphatic rings. The number of fused-ring (bicyclic) bond motifs is 1. The third kappa shape index (κ3) is 13.3. The number of rotatable bonds is 5. The second kappa shape index (κ2) is 22.6. The monoisotopic (exact) mass is 876 g/mol. The fraction of sp³-hybridized carbons (Fsp3) is 0.690. The molecule has 0 radical (unpaired) electrons. The van der Waals surface area contributed by atoms with Crippen LogP contribution in [-0.2, 0) is 5.41 Å². The second-order valence-corrected chi connectivity index (χ2v) is 17.9. The summed E-state index contributed by atoms with van der Waals surface area (Å²) in [4.78, 5) is 74.4. The van der Waals surface area contributed by atoms with Crippen LogP contribution in [0.4, 0.5) is 31.1 Å². The molecule has 0 aliphatic carbocycles. The lowest BCUT2D eigenvalue weighted by Gasteiger charge is -2.22. The number of aliphatic hydroxyl groups is 2. The summed E-state index contributed by atoms with van der Waals surface area (Å²) in [6.07, 6.45) is -0.324. The standard InChI is InChI=1S/C12H18O.C10H19N5.C8H14N4O2.C7H14N2O3.C5H12N2O/c1-8-6-10(12(3,4)5)7-9(2)11(8)13;1-7(2)8-11-9(14(3)4)13-10(12-8)15(5)6;1-9-5-6(11(3)7(9)13)12(4)8(14)10(5)2;1-8-5(3-10)6(4-11)9(2)7(8)12;1-6(2)5(8)7(3)4/h6-7,13H,1-5H3;7H,1-6H3;5-6H,1-4H3;5-6,10-11H,3-4H2,1-2H3;1-4H3. The normalized spacial score (nSPS) is 19.2. The van der Waals surface area contributed by atoms with E-state index in [-0.39, 0.29) is 67.2 Å². The molecule has 8 amide bonds. The molecule has 352 valence electrons. The molecule has 5 rings (SSSR count). The molecule has 1 aromatic carbocycles. The number of benzene rings is 1. The van der Waals surface area contributed by atoms with Crippen LogP contribution in [0.5, 0.6) is 5.75 Å². The topological polar surface area (TPSA) is 200 Å². The van der Waals surface area contributed by atoms with Gasteiger partial charge in [0.2, 0.25) is 11.9 Å². The maximum Gasteiger partial charge on any atom is 0.323 e. The number of nitrogens with zero attached hydrogens (tertiary/aromatic N) is 13. The molecular formula is C42H77N13O7. The van der Waals surface area contributed by atoms with Crippen molar-refractivity contribution >= 4 is 36.0 Å². The van der Waals surface area contributed by atoms with Crippen molar-refractivity contribution in [2.24, 2.45) is 0 Å². The third-order valence-corrected chi connectivity index (χ3v) is 10.5. The van der Waals surface area contributed by atoms with E-state index in [4.69, 9.17) is 10.2 Å². The van der Waals surface area contributed by atoms with Crippen LogP contribution in [0.1, 0.15) is 63.1 Å². The van der Waals surface area contributed by atoms with Crippen LogP contribution < -0.4 is 9.80 Å². The molecule has 4 heterocycles. The van der Waals surface area contributed by atoms with Gasteiger partial charge in [0.15, 0.2) is 0 Å². The van der Waals surface area contributed by atoms with E-state index in [9.17, 15) is 24.3 Å². The van der Waals surface area contributed by atoms with Gasteiger partial charge in [0.25, 0.3) is 0 Å². The van der Waals surface area contributed by atoms with Gasteiger partial charge >= 0.3 is 24.1 Å². The number of likely N-dealkylation sites (N-methyl/N-ethyl adjacent to an activating group) is 6. The van der Waals surface area contributed by atoms with E-state index >= 15 is 0 Å². The largest absolute Gasteiger partial charge is 0.507 e. The minimum absolute atomic E-state index is 0.0185. The highest BCUT2D eigenvalue weighted by Crippen LogP contribution is 2.31. The predicted octanol–water partition coefficient (Wildman–Crippen LogP) is 3.00. The maximum absolute atomic E-state index is 11.6. The zero-order chi connectivity index (χ0) is 48.5. The minimum atomic E-state index is -0.285. The Labute approximate surface area is 370 Å². The average Bonchev–Trinajstić information content (AvgIpc) is 3.66. The Kier molecular flexibility index (Phi) is 20.0. The molecule has 1 aromatic heterocycles. The molecule has 0 spiro atoms. The number of aliphatic hydroxyl groups excluding tert-OH is 2. The number of phenolic OH excluding ortho intramolecular Hbond substituents is 1. The van der Waals surface area contributed by atoms with Gasteiger partial charge in [0, 0.05) is 105 Å². The average molecular weight is 876 g/mol. The third-order valence-electron chi connectivity index (χ3n) is 10.5. The summed E-state index contributed by atoms with van der Waals surface area (Å²) < 4.78 is 0. The second-order valence-electron chi connectivity index (χ2n) is 17.9. The van der Waals surface area contributed by atoms with E-state index < -0.39 is 0 Å². The minimum Gasteiger partial charge on any atom is -0.507 e. The Balaban J connectivity index is 0.000000393. The van der Waals surface area contributed by atoms with Crippen molar-refractivity contribution in [1.29, 1.82) is 0 Å². The molecule has 2 aromatic rings. The number of amides is 8. The van der Waals surface area contributed by atoms with Gasteiger partial charge in [0.05, 0.1) is 25.3 Å². The summed E-state index contributed by atoms with van der Waals surface area (Å²) >= 11 is 0. The molecule has 3 N–H and O–H groups in total. The molecular weight excluding hydrogens is 799 g/mol. The van der Waals surface area contributed by atoms with Gasteiger partial charge in [-0.1, -0.05) is 46.8 Å². The Bertz CT molecular complexity index is 1650. The lowest BCUT2D eigenvalue weighted by molar-refractivity contribution is 0.131. The first-order valence-corrected chi connectivity index (χ1v) is 20.4. The van der Waals surface area contributed by atoms with E-state index in [1.165, 1.54) is 25.2 Å². The first kappa shape index (κ1) is 54.6. The van der Waals surface area contributed by atoms with E-state index in [0.717, 1.165) is 17.0 Å². The van der Waals surface area contributed by atoms with E-state index in [0.29, 0.717) is 23.6 Å². The number of phenols is 1. The van der Waals surface area contributed by atoms with Crippen LogP contribution in [0.2, 0.25) is 0 Å². The number of aryl methyl sites for hydroxylation is 2. The van der Waals surface area contributed by atoms with Crippen molar-refractivity contribution in [3.05, 3.63) is 34.6 Å². The van der Waals surface area contributed by atoms with Crippen LogP contribution in [0.15, 0.2) is 12.1 Å². The Morgan fingerprint density at radius 2 is 0.935 bits per heavy atom. The molecule has 20 nitrogen and oxygen atoms in total. The maximum atomic E-state index is 11.6. The highest BCUT2D eigenvalue weighted by Gasteiger charge is 2.54. The molecule has 0 bridgehead atoms. The van der Waals surface area contributed by atoms with Crippen LogP contribution >= 0.6 is 0 Å². The van der Waals surface area contributed by atoms with Gasteiger partial charge < -0.3 is 64.3 Å². The Hall–Kier alpha value is -5.37. The van der Waals surface area contributed by atoms with Gasteiger partial charge in [-0.15, -0.1) is 0 Å². The van der Waals surface area contributed by atoms with Crippen molar-refractivity contribution in [3.63, 3.8) is 0 Å². The summed E-state index contributed by atoms with van der Waals surface area (Å²) in [6.45, 7) is 14.3. The van der Waals surface area contributed by atoms with Crippen molar-refractivity contribution in [1.82, 2.24) is 54.2 Å². The molecule has 62 heavy (non-hydrogen) atoms. The zero-order valence-electron chi connectivity index (χ0n) is 41.2. The molecule has 3 fully saturated rings. The number of aromatic nitrogens is 3. The molecule has 3 saturated heterocycles. The smallest absolute Gasteiger partial charge is 0.323 e. The highest BCUT2D eigenvalue weighted by molar-refractivity contribution is 5.84. The van der Waals surface area contributed by atoms with Crippen molar-refractivity contribution < 1.29 is 34.5 Å². The number of urea groups is 4. The van der Waals surface area contributed by atoms with E-state index in [2.05, 4.69) is 61.7 Å².